The quantitative estimate of drug-likeness (QED) is 0.447. The first-order chi connectivity index (χ1) is 19.2. The van der Waals surface area contributed by atoms with Gasteiger partial charge in [-0.3, -0.25) is 14.4 Å². The molecule has 0 atom stereocenters. The number of carboxylic acids is 2. The molecule has 1 heterocycles. The van der Waals surface area contributed by atoms with E-state index in [1.54, 1.807) is 29.2 Å². The second-order valence-corrected chi connectivity index (χ2v) is 10.4. The molecule has 5 rings (SSSR count). The summed E-state index contributed by atoms with van der Waals surface area (Å²) < 4.78 is 11.6. The van der Waals surface area contributed by atoms with E-state index in [1.165, 1.54) is 19.2 Å². The molecule has 208 valence electrons. The standard InChI is InChI=1S/C30H28ClNO8/c1-39-24-13-18(12-19(31)29(24)40-15-16-8-10-17(11-9-16)30(37)38)26-27-20(4-2-6-22(27)33)32(14-25(35)36)21-5-3-7-23(34)28(21)26/h8-13,26H,2-7,14-15H2,1H3,(H,35,36)(H,37,38). The van der Waals surface area contributed by atoms with Gasteiger partial charge in [-0.05, 0) is 61.1 Å². The molecule has 2 N–H and O–H groups in total. The molecule has 0 saturated carbocycles. The van der Waals surface area contributed by atoms with Crippen molar-refractivity contribution in [2.24, 2.45) is 0 Å². The number of hydrogen-bond donors (Lipinski definition) is 2. The Labute approximate surface area is 235 Å². The third kappa shape index (κ3) is 5.09. The third-order valence-corrected chi connectivity index (χ3v) is 7.83. The van der Waals surface area contributed by atoms with Gasteiger partial charge in [0, 0.05) is 41.3 Å². The summed E-state index contributed by atoms with van der Waals surface area (Å²) in [6, 6.07) is 9.65. The van der Waals surface area contributed by atoms with Gasteiger partial charge in [0.1, 0.15) is 13.2 Å². The Bertz CT molecular complexity index is 1430. The third-order valence-electron chi connectivity index (χ3n) is 7.55. The molecule has 2 aromatic carbocycles. The summed E-state index contributed by atoms with van der Waals surface area (Å²) in [5.74, 6) is -2.36. The van der Waals surface area contributed by atoms with Gasteiger partial charge in [0.15, 0.2) is 23.1 Å². The van der Waals surface area contributed by atoms with Crippen molar-refractivity contribution in [3.8, 4) is 11.5 Å². The first kappa shape index (κ1) is 27.5. The van der Waals surface area contributed by atoms with E-state index in [0.29, 0.717) is 72.4 Å². The topological polar surface area (TPSA) is 130 Å². The van der Waals surface area contributed by atoms with Gasteiger partial charge in [-0.2, -0.15) is 0 Å². The van der Waals surface area contributed by atoms with Crippen molar-refractivity contribution >= 4 is 35.1 Å². The normalized spacial score (nSPS) is 17.5. The van der Waals surface area contributed by atoms with Gasteiger partial charge in [0.2, 0.25) is 0 Å². The minimum atomic E-state index is -1.03. The number of Topliss-reactive ketones (excluding diaryl/α,β-unsaturated/α-hetero) is 2. The van der Waals surface area contributed by atoms with Crippen LogP contribution in [0.25, 0.3) is 0 Å². The van der Waals surface area contributed by atoms with Crippen molar-refractivity contribution < 1.29 is 38.9 Å². The fraction of sp³-hybridized carbons (Fsp3) is 0.333. The van der Waals surface area contributed by atoms with E-state index in [1.807, 2.05) is 0 Å². The van der Waals surface area contributed by atoms with Crippen LogP contribution in [-0.2, 0) is 21.0 Å². The Morgan fingerprint density at radius 3 is 2.08 bits per heavy atom. The zero-order valence-electron chi connectivity index (χ0n) is 21.9. The second kappa shape index (κ2) is 11.2. The Kier molecular flexibility index (Phi) is 7.67. The number of ketones is 2. The molecule has 0 radical (unpaired) electrons. The Morgan fingerprint density at radius 1 is 0.950 bits per heavy atom. The average Bonchev–Trinajstić information content (AvgIpc) is 2.92. The number of halogens is 1. The van der Waals surface area contributed by atoms with Gasteiger partial charge in [-0.25, -0.2) is 4.79 Å². The molecule has 0 amide bonds. The largest absolute Gasteiger partial charge is 0.493 e. The average molecular weight is 566 g/mol. The Hall–Kier alpha value is -4.11. The maximum Gasteiger partial charge on any atom is 0.335 e. The highest BCUT2D eigenvalue weighted by Gasteiger charge is 2.44. The number of carbonyl (C=O) groups excluding carboxylic acids is 2. The first-order valence-corrected chi connectivity index (χ1v) is 13.4. The van der Waals surface area contributed by atoms with Crippen LogP contribution in [-0.4, -0.2) is 52.3 Å². The van der Waals surface area contributed by atoms with E-state index in [-0.39, 0.29) is 41.1 Å². The summed E-state index contributed by atoms with van der Waals surface area (Å²) in [5.41, 5.74) is 3.71. The summed E-state index contributed by atoms with van der Waals surface area (Å²) in [5, 5.41) is 19.0. The van der Waals surface area contributed by atoms with E-state index < -0.39 is 17.9 Å². The van der Waals surface area contributed by atoms with Crippen LogP contribution in [0.5, 0.6) is 11.5 Å². The van der Waals surface area contributed by atoms with E-state index in [9.17, 15) is 24.3 Å². The molecule has 2 aromatic rings. The van der Waals surface area contributed by atoms with Crippen LogP contribution in [0.15, 0.2) is 58.9 Å². The number of allylic oxidation sites excluding steroid dienone is 4. The van der Waals surface area contributed by atoms with Crippen LogP contribution in [0.3, 0.4) is 0 Å². The van der Waals surface area contributed by atoms with Gasteiger partial charge in [-0.1, -0.05) is 23.7 Å². The number of methoxy groups -OCH3 is 1. The molecule has 1 aliphatic heterocycles. The van der Waals surface area contributed by atoms with Crippen LogP contribution >= 0.6 is 11.6 Å². The van der Waals surface area contributed by atoms with E-state index in [2.05, 4.69) is 0 Å². The SMILES string of the molecule is COc1cc(C2C3=C(CCCC3=O)N(CC(=O)O)C3=C2C(=O)CCC3)cc(Cl)c1OCc1ccc(C(=O)O)cc1. The van der Waals surface area contributed by atoms with E-state index in [4.69, 9.17) is 26.2 Å². The van der Waals surface area contributed by atoms with Gasteiger partial charge < -0.3 is 24.6 Å². The van der Waals surface area contributed by atoms with Gasteiger partial charge in [-0.15, -0.1) is 0 Å². The number of rotatable bonds is 8. The maximum atomic E-state index is 13.4. The molecule has 9 nitrogen and oxygen atoms in total. The molecule has 2 aliphatic carbocycles. The zero-order valence-corrected chi connectivity index (χ0v) is 22.6. The molecule has 0 fully saturated rings. The fourth-order valence-corrected chi connectivity index (χ4v) is 6.10. The van der Waals surface area contributed by atoms with Crippen molar-refractivity contribution in [1.29, 1.82) is 0 Å². The summed E-state index contributed by atoms with van der Waals surface area (Å²) in [6.07, 6.45) is 2.95. The summed E-state index contributed by atoms with van der Waals surface area (Å²) in [4.78, 5) is 51.3. The molecular formula is C30H28ClNO8. The molecule has 0 saturated heterocycles. The van der Waals surface area contributed by atoms with Crippen molar-refractivity contribution in [3.63, 3.8) is 0 Å². The van der Waals surface area contributed by atoms with Crippen molar-refractivity contribution in [1.82, 2.24) is 4.90 Å². The Morgan fingerprint density at radius 2 is 1.55 bits per heavy atom. The van der Waals surface area contributed by atoms with Crippen LogP contribution in [0, 0.1) is 0 Å². The zero-order chi connectivity index (χ0) is 28.6. The molecular weight excluding hydrogens is 538 g/mol. The molecule has 0 aromatic heterocycles. The lowest BCUT2D eigenvalue weighted by Gasteiger charge is -2.43. The van der Waals surface area contributed by atoms with Crippen molar-refractivity contribution in [2.45, 2.75) is 51.0 Å². The fourth-order valence-electron chi connectivity index (χ4n) is 5.82. The van der Waals surface area contributed by atoms with Crippen LogP contribution in [0.4, 0.5) is 0 Å². The van der Waals surface area contributed by atoms with Crippen LogP contribution in [0.2, 0.25) is 5.02 Å². The predicted molar refractivity (Wildman–Crippen MR) is 145 cm³/mol. The summed E-state index contributed by atoms with van der Waals surface area (Å²) >= 11 is 6.71. The van der Waals surface area contributed by atoms with Crippen molar-refractivity contribution in [2.75, 3.05) is 13.7 Å². The number of carboxylic acid groups (broad SMARTS) is 2. The van der Waals surface area contributed by atoms with Gasteiger partial charge in [0.05, 0.1) is 17.7 Å². The minimum Gasteiger partial charge on any atom is -0.493 e. The lowest BCUT2D eigenvalue weighted by atomic mass is 9.71. The number of aliphatic carboxylic acids is 1. The van der Waals surface area contributed by atoms with E-state index >= 15 is 0 Å². The highest BCUT2D eigenvalue weighted by atomic mass is 35.5. The number of nitrogens with zero attached hydrogens (tertiary/aromatic N) is 1. The molecule has 40 heavy (non-hydrogen) atoms. The second-order valence-electron chi connectivity index (χ2n) is 10.0. The van der Waals surface area contributed by atoms with Crippen LogP contribution < -0.4 is 9.47 Å². The number of hydrogen-bond acceptors (Lipinski definition) is 7. The number of carbonyl (C=O) groups is 4. The molecule has 0 unspecified atom stereocenters. The molecule has 10 heteroatoms. The number of aromatic carboxylic acids is 1. The number of benzene rings is 2. The number of ether oxygens (including phenoxy) is 2. The molecule has 0 spiro atoms. The van der Waals surface area contributed by atoms with E-state index in [0.717, 1.165) is 5.56 Å². The smallest absolute Gasteiger partial charge is 0.335 e. The Balaban J connectivity index is 1.56. The minimum absolute atomic E-state index is 0.102. The monoisotopic (exact) mass is 565 g/mol. The highest BCUT2D eigenvalue weighted by molar-refractivity contribution is 6.32. The predicted octanol–water partition coefficient (Wildman–Crippen LogP) is 5.12. The molecule has 3 aliphatic rings. The van der Waals surface area contributed by atoms with Gasteiger partial charge in [0.25, 0.3) is 0 Å². The highest BCUT2D eigenvalue weighted by Crippen LogP contribution is 2.51. The van der Waals surface area contributed by atoms with Gasteiger partial charge >= 0.3 is 11.9 Å². The lowest BCUT2D eigenvalue weighted by Crippen LogP contribution is -2.41. The maximum absolute atomic E-state index is 13.4. The van der Waals surface area contributed by atoms with Crippen LogP contribution in [0.1, 0.15) is 65.9 Å². The van der Waals surface area contributed by atoms with Crippen molar-refractivity contribution in [3.05, 3.63) is 80.7 Å². The summed E-state index contributed by atoms with van der Waals surface area (Å²) in [6.45, 7) is -0.209. The summed E-state index contributed by atoms with van der Waals surface area (Å²) in [7, 11) is 1.46. The first-order valence-electron chi connectivity index (χ1n) is 13.0. The lowest BCUT2D eigenvalue weighted by molar-refractivity contribution is -0.138. The molecule has 0 bridgehead atoms.